The maximum Gasteiger partial charge on any atom is 0.256 e. The van der Waals surface area contributed by atoms with E-state index in [0.717, 1.165) is 6.08 Å². The van der Waals surface area contributed by atoms with Gasteiger partial charge in [-0.1, -0.05) is 12.1 Å². The second-order valence-corrected chi connectivity index (χ2v) is 3.09. The van der Waals surface area contributed by atoms with Crippen molar-refractivity contribution in [3.63, 3.8) is 0 Å². The minimum atomic E-state index is -1.40. The van der Waals surface area contributed by atoms with Crippen molar-refractivity contribution in [2.24, 2.45) is 0 Å². The summed E-state index contributed by atoms with van der Waals surface area (Å²) in [5.74, 6) is -1.88. The van der Waals surface area contributed by atoms with Crippen LogP contribution in [0.3, 0.4) is 0 Å². The van der Waals surface area contributed by atoms with Crippen LogP contribution < -0.4 is 5.11 Å². The number of rotatable bonds is 2. The van der Waals surface area contributed by atoms with Gasteiger partial charge in [0.2, 0.25) is 0 Å². The van der Waals surface area contributed by atoms with Crippen LogP contribution in [0.2, 0.25) is 0 Å². The lowest BCUT2D eigenvalue weighted by atomic mass is 10.3. The number of nitrogens with zero attached hydrogens (tertiary/aromatic N) is 2. The van der Waals surface area contributed by atoms with E-state index < -0.39 is 11.9 Å². The molecule has 0 radical (unpaired) electrons. The standard InChI is InChI=1S/C11H8N2O3/c14-10(5-6-11(15)16)13-7-12-8-3-1-2-4-9(8)13/h1-7H,(H,15,16)/p-1/b6-5-. The SMILES string of the molecule is O=C([O-])/C=C\C(=O)n1cnc2ccccc21. The predicted octanol–water partition coefficient (Wildman–Crippen LogP) is -0.0174. The van der Waals surface area contributed by atoms with E-state index in [9.17, 15) is 14.7 Å². The van der Waals surface area contributed by atoms with E-state index in [1.54, 1.807) is 24.3 Å². The number of aliphatic carboxylic acids is 1. The van der Waals surface area contributed by atoms with Crippen LogP contribution in [0.4, 0.5) is 0 Å². The highest BCUT2D eigenvalue weighted by Gasteiger charge is 2.05. The minimum absolute atomic E-state index is 0.474. The van der Waals surface area contributed by atoms with Crippen LogP contribution in [0.1, 0.15) is 4.79 Å². The largest absolute Gasteiger partial charge is 0.545 e. The molecular formula is C11H7N2O3-. The fourth-order valence-electron chi connectivity index (χ4n) is 1.35. The van der Waals surface area contributed by atoms with Crippen molar-refractivity contribution >= 4 is 22.9 Å². The Morgan fingerprint density at radius 2 is 2.00 bits per heavy atom. The first kappa shape index (κ1) is 10.1. The third kappa shape index (κ3) is 1.83. The van der Waals surface area contributed by atoms with E-state index in [-0.39, 0.29) is 0 Å². The number of para-hydroxylation sites is 2. The lowest BCUT2D eigenvalue weighted by molar-refractivity contribution is -0.297. The molecular weight excluding hydrogens is 208 g/mol. The van der Waals surface area contributed by atoms with Gasteiger partial charge in [-0.15, -0.1) is 0 Å². The second kappa shape index (κ2) is 3.98. The molecule has 80 valence electrons. The van der Waals surface area contributed by atoms with Gasteiger partial charge in [0.1, 0.15) is 6.33 Å². The second-order valence-electron chi connectivity index (χ2n) is 3.09. The fourth-order valence-corrected chi connectivity index (χ4v) is 1.35. The topological polar surface area (TPSA) is 75.0 Å². The molecule has 0 aliphatic carbocycles. The highest BCUT2D eigenvalue weighted by Crippen LogP contribution is 2.11. The number of carbonyl (C=O) groups excluding carboxylic acids is 2. The molecule has 0 saturated carbocycles. The van der Waals surface area contributed by atoms with Crippen molar-refractivity contribution in [3.05, 3.63) is 42.7 Å². The van der Waals surface area contributed by atoms with Gasteiger partial charge in [0.25, 0.3) is 5.91 Å². The van der Waals surface area contributed by atoms with Gasteiger partial charge in [-0.25, -0.2) is 4.98 Å². The first-order valence-corrected chi connectivity index (χ1v) is 4.54. The van der Waals surface area contributed by atoms with E-state index in [1.165, 1.54) is 10.9 Å². The monoisotopic (exact) mass is 215 g/mol. The van der Waals surface area contributed by atoms with Gasteiger partial charge in [0.15, 0.2) is 0 Å². The molecule has 5 nitrogen and oxygen atoms in total. The minimum Gasteiger partial charge on any atom is -0.545 e. The summed E-state index contributed by atoms with van der Waals surface area (Å²) in [5.41, 5.74) is 1.31. The fraction of sp³-hybridized carbons (Fsp3) is 0. The number of imidazole rings is 1. The molecule has 1 heterocycles. The molecule has 0 fully saturated rings. The van der Waals surface area contributed by atoms with Crippen LogP contribution in [-0.2, 0) is 4.79 Å². The third-order valence-corrected chi connectivity index (χ3v) is 2.05. The molecule has 2 rings (SSSR count). The van der Waals surface area contributed by atoms with Gasteiger partial charge in [-0.05, 0) is 18.2 Å². The Hall–Kier alpha value is -2.43. The maximum absolute atomic E-state index is 11.6. The molecule has 16 heavy (non-hydrogen) atoms. The molecule has 0 bridgehead atoms. The number of hydrogen-bond acceptors (Lipinski definition) is 4. The number of carbonyl (C=O) groups is 2. The van der Waals surface area contributed by atoms with Gasteiger partial charge in [-0.2, -0.15) is 0 Å². The normalized spacial score (nSPS) is 11.0. The summed E-state index contributed by atoms with van der Waals surface area (Å²) in [5, 5.41) is 10.2. The molecule has 5 heteroatoms. The Kier molecular flexibility index (Phi) is 2.51. The van der Waals surface area contributed by atoms with Gasteiger partial charge < -0.3 is 9.90 Å². The number of carboxylic acid groups (broad SMARTS) is 1. The maximum atomic E-state index is 11.6. The lowest BCUT2D eigenvalue weighted by Crippen LogP contribution is -2.19. The summed E-state index contributed by atoms with van der Waals surface area (Å²) in [7, 11) is 0. The molecule has 0 N–H and O–H groups in total. The first-order valence-electron chi connectivity index (χ1n) is 4.54. The average molecular weight is 215 g/mol. The smallest absolute Gasteiger partial charge is 0.256 e. The summed E-state index contributed by atoms with van der Waals surface area (Å²) >= 11 is 0. The zero-order valence-electron chi connectivity index (χ0n) is 8.16. The Labute approximate surface area is 90.6 Å². The molecule has 1 aromatic heterocycles. The van der Waals surface area contributed by atoms with Crippen LogP contribution in [-0.4, -0.2) is 21.4 Å². The van der Waals surface area contributed by atoms with Crippen molar-refractivity contribution in [1.29, 1.82) is 0 Å². The molecule has 0 aliphatic heterocycles. The number of aromatic nitrogens is 2. The predicted molar refractivity (Wildman–Crippen MR) is 54.5 cm³/mol. The quantitative estimate of drug-likeness (QED) is 0.660. The zero-order chi connectivity index (χ0) is 11.5. The molecule has 0 aliphatic rings. The summed E-state index contributed by atoms with van der Waals surface area (Å²) in [4.78, 5) is 25.7. The van der Waals surface area contributed by atoms with Crippen LogP contribution in [0.5, 0.6) is 0 Å². The highest BCUT2D eigenvalue weighted by atomic mass is 16.4. The van der Waals surface area contributed by atoms with Gasteiger partial charge in [-0.3, -0.25) is 9.36 Å². The van der Waals surface area contributed by atoms with Crippen LogP contribution in [0.15, 0.2) is 42.7 Å². The van der Waals surface area contributed by atoms with E-state index >= 15 is 0 Å². The van der Waals surface area contributed by atoms with Crippen molar-refractivity contribution < 1.29 is 14.7 Å². The van der Waals surface area contributed by atoms with E-state index in [1.807, 2.05) is 0 Å². The van der Waals surface area contributed by atoms with Gasteiger partial charge in [0, 0.05) is 6.08 Å². The number of allylic oxidation sites excluding steroid dienone is 1. The number of carboxylic acids is 1. The van der Waals surface area contributed by atoms with Crippen molar-refractivity contribution in [2.45, 2.75) is 0 Å². The molecule has 0 saturated heterocycles. The highest BCUT2D eigenvalue weighted by molar-refractivity contribution is 5.99. The van der Waals surface area contributed by atoms with Crippen molar-refractivity contribution in [2.75, 3.05) is 0 Å². The average Bonchev–Trinajstić information content (AvgIpc) is 2.69. The third-order valence-electron chi connectivity index (χ3n) is 2.05. The Morgan fingerprint density at radius 1 is 1.25 bits per heavy atom. The summed E-state index contributed by atoms with van der Waals surface area (Å²) in [6.07, 6.45) is 2.98. The molecule has 0 amide bonds. The lowest BCUT2D eigenvalue weighted by Gasteiger charge is -1.97. The van der Waals surface area contributed by atoms with E-state index in [4.69, 9.17) is 0 Å². The molecule has 0 atom stereocenters. The first-order chi connectivity index (χ1) is 7.68. The van der Waals surface area contributed by atoms with Crippen LogP contribution >= 0.6 is 0 Å². The van der Waals surface area contributed by atoms with Crippen LogP contribution in [0, 0.1) is 0 Å². The van der Waals surface area contributed by atoms with E-state index in [2.05, 4.69) is 4.98 Å². The van der Waals surface area contributed by atoms with Crippen molar-refractivity contribution in [1.82, 2.24) is 9.55 Å². The van der Waals surface area contributed by atoms with E-state index in [0.29, 0.717) is 17.1 Å². The summed E-state index contributed by atoms with van der Waals surface area (Å²) in [6.45, 7) is 0. The van der Waals surface area contributed by atoms with Gasteiger partial charge in [0.05, 0.1) is 17.0 Å². The summed E-state index contributed by atoms with van der Waals surface area (Å²) in [6, 6.07) is 7.08. The number of fused-ring (bicyclic) bond motifs is 1. The van der Waals surface area contributed by atoms with Gasteiger partial charge >= 0.3 is 0 Å². The molecule has 1 aromatic carbocycles. The molecule has 0 spiro atoms. The summed E-state index contributed by atoms with van der Waals surface area (Å²) < 4.78 is 1.27. The number of benzene rings is 1. The molecule has 2 aromatic rings. The Balaban J connectivity index is 2.40. The Bertz CT molecular complexity index is 584. The molecule has 0 unspecified atom stereocenters. The van der Waals surface area contributed by atoms with Crippen molar-refractivity contribution in [3.8, 4) is 0 Å². The number of hydrogen-bond donors (Lipinski definition) is 0. The Morgan fingerprint density at radius 3 is 2.75 bits per heavy atom. The zero-order valence-corrected chi connectivity index (χ0v) is 8.16. The van der Waals surface area contributed by atoms with Crippen LogP contribution in [0.25, 0.3) is 11.0 Å².